The standard InChI is InChI=1S/C5H8O2/c1-2-5-6-3-4-7-5/h2,5H,1,3-4H2. The van der Waals surface area contributed by atoms with E-state index in [1.54, 1.807) is 6.08 Å². The SMILES string of the molecule is C=CC1OCCO1. The van der Waals surface area contributed by atoms with Crippen LogP contribution >= 0.6 is 0 Å². The van der Waals surface area contributed by atoms with E-state index < -0.39 is 0 Å². The van der Waals surface area contributed by atoms with Crippen LogP contribution in [0, 0.1) is 0 Å². The van der Waals surface area contributed by atoms with Crippen molar-refractivity contribution in [2.45, 2.75) is 6.29 Å². The minimum absolute atomic E-state index is 0.139. The Kier molecular flexibility index (Phi) is 1.44. The van der Waals surface area contributed by atoms with Crippen LogP contribution in [0.5, 0.6) is 0 Å². The van der Waals surface area contributed by atoms with E-state index in [4.69, 9.17) is 9.47 Å². The summed E-state index contributed by atoms with van der Waals surface area (Å²) >= 11 is 0. The second kappa shape index (κ2) is 2.09. The van der Waals surface area contributed by atoms with E-state index in [9.17, 15) is 0 Å². The largest absolute Gasteiger partial charge is 0.347 e. The van der Waals surface area contributed by atoms with Gasteiger partial charge in [0.2, 0.25) is 0 Å². The van der Waals surface area contributed by atoms with Gasteiger partial charge in [-0.3, -0.25) is 0 Å². The van der Waals surface area contributed by atoms with Gasteiger partial charge in [-0.2, -0.15) is 0 Å². The lowest BCUT2D eigenvalue weighted by molar-refractivity contribution is -0.00126. The number of ether oxygens (including phenoxy) is 2. The Morgan fingerprint density at radius 2 is 2.00 bits per heavy atom. The summed E-state index contributed by atoms with van der Waals surface area (Å²) in [6, 6.07) is 0. The molecule has 2 nitrogen and oxygen atoms in total. The minimum Gasteiger partial charge on any atom is -0.347 e. The second-order valence-corrected chi connectivity index (χ2v) is 1.35. The van der Waals surface area contributed by atoms with E-state index in [2.05, 4.69) is 6.58 Å². The third-order valence-corrected chi connectivity index (χ3v) is 0.840. The van der Waals surface area contributed by atoms with Gasteiger partial charge in [0.1, 0.15) is 0 Å². The molecule has 1 heterocycles. The molecule has 0 aromatic carbocycles. The van der Waals surface area contributed by atoms with Gasteiger partial charge in [0, 0.05) is 0 Å². The lowest BCUT2D eigenvalue weighted by atomic mass is 10.6. The van der Waals surface area contributed by atoms with Gasteiger partial charge in [0.25, 0.3) is 0 Å². The Hall–Kier alpha value is -0.340. The first kappa shape index (κ1) is 4.81. The highest BCUT2D eigenvalue weighted by Crippen LogP contribution is 2.02. The molecule has 0 saturated carbocycles. The number of rotatable bonds is 1. The molecule has 0 unspecified atom stereocenters. The number of hydrogen-bond acceptors (Lipinski definition) is 2. The zero-order valence-corrected chi connectivity index (χ0v) is 4.09. The van der Waals surface area contributed by atoms with E-state index >= 15 is 0 Å². The summed E-state index contributed by atoms with van der Waals surface area (Å²) in [7, 11) is 0. The van der Waals surface area contributed by atoms with Gasteiger partial charge in [-0.1, -0.05) is 6.58 Å². The van der Waals surface area contributed by atoms with Crippen LogP contribution in [0.25, 0.3) is 0 Å². The average molecular weight is 100 g/mol. The van der Waals surface area contributed by atoms with Crippen molar-refractivity contribution in [2.75, 3.05) is 13.2 Å². The van der Waals surface area contributed by atoms with Gasteiger partial charge in [0.05, 0.1) is 13.2 Å². The van der Waals surface area contributed by atoms with E-state index in [1.807, 2.05) is 0 Å². The highest BCUT2D eigenvalue weighted by Gasteiger charge is 2.09. The van der Waals surface area contributed by atoms with Crippen LogP contribution < -0.4 is 0 Å². The molecule has 0 aliphatic carbocycles. The summed E-state index contributed by atoms with van der Waals surface area (Å²) in [4.78, 5) is 0. The fourth-order valence-electron chi connectivity index (χ4n) is 0.513. The van der Waals surface area contributed by atoms with Gasteiger partial charge in [-0.05, 0) is 6.08 Å². The Balaban J connectivity index is 2.26. The molecule has 1 aliphatic rings. The molecule has 1 saturated heterocycles. The van der Waals surface area contributed by atoms with Crippen molar-refractivity contribution in [1.82, 2.24) is 0 Å². The Morgan fingerprint density at radius 1 is 1.43 bits per heavy atom. The van der Waals surface area contributed by atoms with Crippen LogP contribution in [0.15, 0.2) is 12.7 Å². The van der Waals surface area contributed by atoms with Crippen LogP contribution in [0.1, 0.15) is 0 Å². The molecular weight excluding hydrogens is 92.1 g/mol. The lowest BCUT2D eigenvalue weighted by Gasteiger charge is -1.97. The van der Waals surface area contributed by atoms with Crippen molar-refractivity contribution < 1.29 is 9.47 Å². The molecule has 0 atom stereocenters. The summed E-state index contributed by atoms with van der Waals surface area (Å²) < 4.78 is 9.92. The maximum Gasteiger partial charge on any atom is 0.176 e. The minimum atomic E-state index is -0.139. The maximum atomic E-state index is 4.96. The van der Waals surface area contributed by atoms with Crippen molar-refractivity contribution in [3.63, 3.8) is 0 Å². The average Bonchev–Trinajstić information content (AvgIpc) is 2.14. The third kappa shape index (κ3) is 1.01. The first-order valence-corrected chi connectivity index (χ1v) is 2.29. The van der Waals surface area contributed by atoms with Crippen LogP contribution in [0.4, 0.5) is 0 Å². The predicted octanol–water partition coefficient (Wildman–Crippen LogP) is 0.545. The van der Waals surface area contributed by atoms with Gasteiger partial charge >= 0.3 is 0 Å². The summed E-state index contributed by atoms with van der Waals surface area (Å²) in [6.07, 6.45) is 1.51. The molecule has 1 fully saturated rings. The monoisotopic (exact) mass is 100 g/mol. The van der Waals surface area contributed by atoms with E-state index in [0.717, 1.165) is 0 Å². The van der Waals surface area contributed by atoms with E-state index in [0.29, 0.717) is 13.2 Å². The van der Waals surface area contributed by atoms with E-state index in [-0.39, 0.29) is 6.29 Å². The molecule has 0 amide bonds. The number of hydrogen-bond donors (Lipinski definition) is 0. The molecule has 1 rings (SSSR count). The normalized spacial score (nSPS) is 22.9. The van der Waals surface area contributed by atoms with Crippen LogP contribution in [0.2, 0.25) is 0 Å². The zero-order valence-electron chi connectivity index (χ0n) is 4.09. The molecule has 7 heavy (non-hydrogen) atoms. The molecule has 0 radical (unpaired) electrons. The van der Waals surface area contributed by atoms with Gasteiger partial charge < -0.3 is 9.47 Å². The Labute approximate surface area is 42.7 Å². The lowest BCUT2D eigenvalue weighted by Crippen LogP contribution is -2.00. The second-order valence-electron chi connectivity index (χ2n) is 1.35. The highest BCUT2D eigenvalue weighted by molar-refractivity contribution is 4.73. The zero-order chi connectivity index (χ0) is 5.11. The molecule has 0 aromatic rings. The first-order valence-electron chi connectivity index (χ1n) is 2.29. The van der Waals surface area contributed by atoms with Crippen molar-refractivity contribution >= 4 is 0 Å². The van der Waals surface area contributed by atoms with Crippen molar-refractivity contribution in [1.29, 1.82) is 0 Å². The molecule has 0 aromatic heterocycles. The van der Waals surface area contributed by atoms with Gasteiger partial charge in [-0.15, -0.1) is 0 Å². The molecular formula is C5H8O2. The maximum absolute atomic E-state index is 4.96. The summed E-state index contributed by atoms with van der Waals surface area (Å²) in [6.45, 7) is 4.90. The summed E-state index contributed by atoms with van der Waals surface area (Å²) in [5.41, 5.74) is 0. The van der Waals surface area contributed by atoms with Crippen molar-refractivity contribution in [3.8, 4) is 0 Å². The molecule has 0 N–H and O–H groups in total. The molecule has 0 spiro atoms. The summed E-state index contributed by atoms with van der Waals surface area (Å²) in [5.74, 6) is 0. The van der Waals surface area contributed by atoms with E-state index in [1.165, 1.54) is 0 Å². The molecule has 40 valence electrons. The first-order chi connectivity index (χ1) is 3.43. The predicted molar refractivity (Wildman–Crippen MR) is 25.9 cm³/mol. The smallest absolute Gasteiger partial charge is 0.176 e. The third-order valence-electron chi connectivity index (χ3n) is 0.840. The Bertz CT molecular complexity index is 64.5. The van der Waals surface area contributed by atoms with Crippen molar-refractivity contribution in [3.05, 3.63) is 12.7 Å². The highest BCUT2D eigenvalue weighted by atomic mass is 16.7. The van der Waals surface area contributed by atoms with Gasteiger partial charge in [-0.25, -0.2) is 0 Å². The molecule has 0 bridgehead atoms. The van der Waals surface area contributed by atoms with Crippen LogP contribution in [-0.4, -0.2) is 19.5 Å². The Morgan fingerprint density at radius 3 is 2.29 bits per heavy atom. The fraction of sp³-hybridized carbons (Fsp3) is 0.600. The van der Waals surface area contributed by atoms with Crippen LogP contribution in [0.3, 0.4) is 0 Å². The van der Waals surface area contributed by atoms with Crippen LogP contribution in [-0.2, 0) is 9.47 Å². The topological polar surface area (TPSA) is 18.5 Å². The quantitative estimate of drug-likeness (QED) is 0.448. The molecule has 1 aliphatic heterocycles. The fourth-order valence-corrected chi connectivity index (χ4v) is 0.513. The van der Waals surface area contributed by atoms with Gasteiger partial charge in [0.15, 0.2) is 6.29 Å². The summed E-state index contributed by atoms with van der Waals surface area (Å²) in [5, 5.41) is 0. The molecule has 2 heteroatoms. The van der Waals surface area contributed by atoms with Crippen molar-refractivity contribution in [2.24, 2.45) is 0 Å².